The highest BCUT2D eigenvalue weighted by atomic mass is 19.3. The fourth-order valence-corrected chi connectivity index (χ4v) is 3.43. The van der Waals surface area contributed by atoms with Crippen molar-refractivity contribution in [2.45, 2.75) is 25.9 Å². The van der Waals surface area contributed by atoms with Crippen molar-refractivity contribution in [3.8, 4) is 11.1 Å². The lowest BCUT2D eigenvalue weighted by molar-refractivity contribution is 0.0500. The summed E-state index contributed by atoms with van der Waals surface area (Å²) in [5, 5.41) is 13.0. The fourth-order valence-electron chi connectivity index (χ4n) is 3.43. The average Bonchev–Trinajstić information content (AvgIpc) is 3.05. The number of halogens is 2. The third-order valence-corrected chi connectivity index (χ3v) is 5.09. The topological polar surface area (TPSA) is 61.6 Å². The molecule has 1 aromatic heterocycles. The average molecular weight is 378 g/mol. The number of nitrogens with zero attached hydrogens (tertiary/aromatic N) is 4. The number of hydrogen-bond acceptors (Lipinski definition) is 4. The predicted octanol–water partition coefficient (Wildman–Crippen LogP) is 2.39. The van der Waals surface area contributed by atoms with Crippen molar-refractivity contribution in [3.63, 3.8) is 0 Å². The van der Waals surface area contributed by atoms with Gasteiger partial charge in [0.2, 0.25) is 0 Å². The van der Waals surface area contributed by atoms with Crippen LogP contribution >= 0.6 is 0 Å². The zero-order chi connectivity index (χ0) is 19.6. The van der Waals surface area contributed by atoms with E-state index in [1.807, 2.05) is 7.05 Å². The van der Waals surface area contributed by atoms with Gasteiger partial charge in [-0.2, -0.15) is 13.9 Å². The van der Waals surface area contributed by atoms with E-state index in [9.17, 15) is 18.7 Å². The summed E-state index contributed by atoms with van der Waals surface area (Å²) in [4.78, 5) is 16.8. The molecule has 1 aliphatic rings. The number of carbonyl (C=O) groups excluding carboxylic acids is 1. The van der Waals surface area contributed by atoms with Gasteiger partial charge < -0.3 is 10.0 Å². The van der Waals surface area contributed by atoms with Crippen molar-refractivity contribution in [1.29, 1.82) is 0 Å². The van der Waals surface area contributed by atoms with Crippen LogP contribution in [0.2, 0.25) is 0 Å². The minimum atomic E-state index is -2.68. The first-order chi connectivity index (χ1) is 12.9. The molecular formula is C19H24F2N4O2. The molecule has 0 unspecified atom stereocenters. The fraction of sp³-hybridized carbons (Fsp3) is 0.474. The summed E-state index contributed by atoms with van der Waals surface area (Å²) in [6, 6.07) is 7.10. The van der Waals surface area contributed by atoms with Crippen LogP contribution in [0.3, 0.4) is 0 Å². The summed E-state index contributed by atoms with van der Waals surface area (Å²) in [6.45, 7) is 1.08. The smallest absolute Gasteiger partial charge is 0.333 e. The second kappa shape index (κ2) is 8.14. The van der Waals surface area contributed by atoms with Gasteiger partial charge in [0.05, 0.1) is 5.69 Å². The number of hydrogen-bond donors (Lipinski definition) is 1. The van der Waals surface area contributed by atoms with Crippen molar-refractivity contribution in [2.24, 2.45) is 0 Å². The van der Waals surface area contributed by atoms with Gasteiger partial charge in [0.1, 0.15) is 0 Å². The zero-order valence-corrected chi connectivity index (χ0v) is 15.5. The van der Waals surface area contributed by atoms with Gasteiger partial charge in [-0.15, -0.1) is 0 Å². The normalized spacial score (nSPS) is 18.3. The number of benzene rings is 1. The van der Waals surface area contributed by atoms with E-state index in [-0.39, 0.29) is 18.6 Å². The molecule has 0 saturated carbocycles. The number of amides is 1. The first kappa shape index (κ1) is 19.4. The molecule has 0 radical (unpaired) electrons. The van der Waals surface area contributed by atoms with Crippen molar-refractivity contribution in [2.75, 3.05) is 33.3 Å². The minimum absolute atomic E-state index is 0.0578. The Balaban J connectivity index is 1.74. The number of likely N-dealkylation sites (N-methyl/N-ethyl adjacent to an activating group) is 1. The standard InChI is InChI=1S/C19H24F2N4O2/c1-13-17(12-25(22-13)19(20)21)14-3-5-15(6-4-14)18(27)24-9-8-23(2)16(11-24)7-10-26/h3-6,12,16,19,26H,7-11H2,1-2H3/t16-/m1/s1. The Morgan fingerprint density at radius 2 is 2.00 bits per heavy atom. The van der Waals surface area contributed by atoms with Gasteiger partial charge in [0, 0.05) is 49.6 Å². The molecule has 1 amide bonds. The van der Waals surface area contributed by atoms with Crippen molar-refractivity contribution < 1.29 is 18.7 Å². The number of rotatable bonds is 5. The van der Waals surface area contributed by atoms with E-state index in [1.54, 1.807) is 36.1 Å². The molecule has 8 heteroatoms. The molecule has 1 atom stereocenters. The molecule has 0 bridgehead atoms. The number of piperazine rings is 1. The van der Waals surface area contributed by atoms with E-state index in [0.717, 1.165) is 12.1 Å². The third kappa shape index (κ3) is 4.17. The summed E-state index contributed by atoms with van der Waals surface area (Å²) < 4.78 is 26.2. The molecule has 1 saturated heterocycles. The van der Waals surface area contributed by atoms with Gasteiger partial charge in [-0.1, -0.05) is 12.1 Å². The van der Waals surface area contributed by atoms with Gasteiger partial charge in [-0.05, 0) is 38.1 Å². The number of aliphatic hydroxyl groups excluding tert-OH is 1. The molecule has 1 fully saturated rings. The number of aryl methyl sites for hydroxylation is 1. The van der Waals surface area contributed by atoms with Gasteiger partial charge >= 0.3 is 6.55 Å². The van der Waals surface area contributed by atoms with Crippen LogP contribution in [-0.2, 0) is 0 Å². The van der Waals surface area contributed by atoms with E-state index >= 15 is 0 Å². The Morgan fingerprint density at radius 3 is 2.59 bits per heavy atom. The van der Waals surface area contributed by atoms with Crippen LogP contribution < -0.4 is 0 Å². The Hall–Kier alpha value is -2.32. The molecule has 2 aromatic rings. The van der Waals surface area contributed by atoms with E-state index in [1.165, 1.54) is 6.20 Å². The molecule has 1 N–H and O–H groups in total. The monoisotopic (exact) mass is 378 g/mol. The maximum Gasteiger partial charge on any atom is 0.333 e. The van der Waals surface area contributed by atoms with E-state index in [2.05, 4.69) is 10.00 Å². The van der Waals surface area contributed by atoms with Gasteiger partial charge in [-0.3, -0.25) is 9.69 Å². The number of aliphatic hydroxyl groups is 1. The Kier molecular flexibility index (Phi) is 5.86. The highest BCUT2D eigenvalue weighted by molar-refractivity contribution is 5.94. The van der Waals surface area contributed by atoms with Crippen LogP contribution in [0.5, 0.6) is 0 Å². The number of alkyl halides is 2. The lowest BCUT2D eigenvalue weighted by atomic mass is 10.0. The maximum absolute atomic E-state index is 12.8. The summed E-state index contributed by atoms with van der Waals surface area (Å²) in [5.74, 6) is -0.0578. The first-order valence-electron chi connectivity index (χ1n) is 8.95. The first-order valence-corrected chi connectivity index (χ1v) is 8.95. The minimum Gasteiger partial charge on any atom is -0.396 e. The summed E-state index contributed by atoms with van der Waals surface area (Å²) >= 11 is 0. The molecule has 3 rings (SSSR count). The van der Waals surface area contributed by atoms with Crippen molar-refractivity contribution >= 4 is 5.91 Å². The predicted molar refractivity (Wildman–Crippen MR) is 97.7 cm³/mol. The lowest BCUT2D eigenvalue weighted by Gasteiger charge is -2.39. The van der Waals surface area contributed by atoms with Crippen molar-refractivity contribution in [3.05, 3.63) is 41.7 Å². The Labute approximate surface area is 157 Å². The van der Waals surface area contributed by atoms with E-state index < -0.39 is 6.55 Å². The SMILES string of the molecule is Cc1nn(C(F)F)cc1-c1ccc(C(=O)N2CCN(C)[C@H](CCO)C2)cc1. The lowest BCUT2D eigenvalue weighted by Crippen LogP contribution is -2.53. The zero-order valence-electron chi connectivity index (χ0n) is 15.5. The molecular weight excluding hydrogens is 354 g/mol. The van der Waals surface area contributed by atoms with Crippen molar-refractivity contribution in [1.82, 2.24) is 19.6 Å². The molecule has 27 heavy (non-hydrogen) atoms. The van der Waals surface area contributed by atoms with Crippen LogP contribution in [-0.4, -0.2) is 69.9 Å². The van der Waals surface area contributed by atoms with Gasteiger partial charge in [0.15, 0.2) is 0 Å². The Bertz CT molecular complexity index is 792. The molecule has 6 nitrogen and oxygen atoms in total. The van der Waals surface area contributed by atoms with Gasteiger partial charge in [-0.25, -0.2) is 4.68 Å². The maximum atomic E-state index is 12.8. The van der Waals surface area contributed by atoms with Crippen LogP contribution in [0.4, 0.5) is 8.78 Å². The molecule has 1 aliphatic heterocycles. The van der Waals surface area contributed by atoms with Crippen LogP contribution in [0.1, 0.15) is 29.0 Å². The third-order valence-electron chi connectivity index (χ3n) is 5.09. The molecule has 146 valence electrons. The van der Waals surface area contributed by atoms with Gasteiger partial charge in [0.25, 0.3) is 5.91 Å². The van der Waals surface area contributed by atoms with Crippen LogP contribution in [0, 0.1) is 6.92 Å². The molecule has 1 aromatic carbocycles. The summed E-state index contributed by atoms with van der Waals surface area (Å²) in [7, 11) is 2.00. The number of carbonyl (C=O) groups is 1. The quantitative estimate of drug-likeness (QED) is 0.868. The molecule has 2 heterocycles. The summed E-state index contributed by atoms with van der Waals surface area (Å²) in [5.41, 5.74) is 2.44. The second-order valence-electron chi connectivity index (χ2n) is 6.86. The van der Waals surface area contributed by atoms with E-state index in [4.69, 9.17) is 0 Å². The van der Waals surface area contributed by atoms with Crippen LogP contribution in [0.25, 0.3) is 11.1 Å². The molecule has 0 spiro atoms. The van der Waals surface area contributed by atoms with Crippen LogP contribution in [0.15, 0.2) is 30.5 Å². The number of aromatic nitrogens is 2. The Morgan fingerprint density at radius 1 is 1.30 bits per heavy atom. The highest BCUT2D eigenvalue weighted by Crippen LogP contribution is 2.25. The molecule has 0 aliphatic carbocycles. The second-order valence-corrected chi connectivity index (χ2v) is 6.86. The largest absolute Gasteiger partial charge is 0.396 e. The van der Waals surface area contributed by atoms with E-state index in [0.29, 0.717) is 41.0 Å². The summed E-state index contributed by atoms with van der Waals surface area (Å²) in [6.07, 6.45) is 1.95. The highest BCUT2D eigenvalue weighted by Gasteiger charge is 2.27.